The van der Waals surface area contributed by atoms with Crippen LogP contribution >= 0.6 is 0 Å². The third-order valence-electron chi connectivity index (χ3n) is 3.50. The fraction of sp³-hybridized carbons (Fsp3) is 0.111. The van der Waals surface area contributed by atoms with Gasteiger partial charge in [0.05, 0.1) is 13.2 Å². The molecular weight excluding hydrogens is 262 g/mol. The van der Waals surface area contributed by atoms with E-state index in [-0.39, 0.29) is 12.3 Å². The monoisotopic (exact) mass is 275 g/mol. The maximum absolute atomic E-state index is 12.1. The summed E-state index contributed by atoms with van der Waals surface area (Å²) in [6.07, 6.45) is 0. The number of esters is 1. The van der Waals surface area contributed by atoms with Crippen molar-refractivity contribution in [3.8, 4) is 11.1 Å². The van der Waals surface area contributed by atoms with Gasteiger partial charge >= 0.3 is 5.97 Å². The molecule has 102 valence electrons. The van der Waals surface area contributed by atoms with Gasteiger partial charge < -0.3 is 4.74 Å². The van der Waals surface area contributed by atoms with Gasteiger partial charge in [-0.15, -0.1) is 0 Å². The first-order chi connectivity index (χ1) is 10.3. The Labute approximate surface area is 123 Å². The van der Waals surface area contributed by atoms with E-state index in [9.17, 15) is 4.79 Å². The second-order valence-corrected chi connectivity index (χ2v) is 4.65. The van der Waals surface area contributed by atoms with Crippen LogP contribution < -0.4 is 0 Å². The molecule has 3 rings (SSSR count). The van der Waals surface area contributed by atoms with E-state index in [1.165, 1.54) is 0 Å². The topological polar surface area (TPSA) is 30.7 Å². The van der Waals surface area contributed by atoms with Crippen molar-refractivity contribution in [1.29, 1.82) is 0 Å². The quantitative estimate of drug-likeness (QED) is 0.403. The molecule has 0 spiro atoms. The maximum atomic E-state index is 12.1. The average Bonchev–Trinajstić information content (AvgIpc) is 2.84. The van der Waals surface area contributed by atoms with Crippen LogP contribution in [0.4, 0.5) is 0 Å². The zero-order chi connectivity index (χ0) is 14.8. The molecule has 3 nitrogen and oxygen atoms in total. The lowest BCUT2D eigenvalue weighted by molar-refractivity contribution is -0.138. The second kappa shape index (κ2) is 5.26. The largest absolute Gasteiger partial charge is 0.471 e. The van der Waals surface area contributed by atoms with Gasteiger partial charge in [0.25, 0.3) is 5.70 Å². The highest BCUT2D eigenvalue weighted by atomic mass is 16.5. The molecule has 0 saturated carbocycles. The van der Waals surface area contributed by atoms with E-state index < -0.39 is 5.97 Å². The zero-order valence-electron chi connectivity index (χ0n) is 11.6. The van der Waals surface area contributed by atoms with Crippen LogP contribution in [-0.2, 0) is 9.53 Å². The minimum Gasteiger partial charge on any atom is -0.471 e. The van der Waals surface area contributed by atoms with E-state index in [0.29, 0.717) is 5.57 Å². The molecule has 0 aromatic heterocycles. The molecule has 1 aliphatic carbocycles. The van der Waals surface area contributed by atoms with Crippen LogP contribution in [0.25, 0.3) is 21.5 Å². The molecule has 0 atom stereocenters. The number of benzene rings is 2. The normalized spacial score (nSPS) is 11.3. The third kappa shape index (κ3) is 2.02. The van der Waals surface area contributed by atoms with Gasteiger partial charge in [0.15, 0.2) is 0 Å². The van der Waals surface area contributed by atoms with Crippen LogP contribution in [0.2, 0.25) is 0 Å². The zero-order valence-corrected chi connectivity index (χ0v) is 11.6. The van der Waals surface area contributed by atoms with Gasteiger partial charge in [0.2, 0.25) is 0 Å². The number of hydrogen-bond donors (Lipinski definition) is 0. The van der Waals surface area contributed by atoms with Crippen molar-refractivity contribution in [2.24, 2.45) is 0 Å². The first-order valence-electron chi connectivity index (χ1n) is 6.76. The van der Waals surface area contributed by atoms with Gasteiger partial charge in [-0.05, 0) is 29.2 Å². The standard InChI is InChI=1S/C18H13NO2/c1-3-21-18(20)17(19-2)16-14-10-6-4-8-12(14)13-9-5-7-11-15(13)16/h4-11H,3H2,1H3. The summed E-state index contributed by atoms with van der Waals surface area (Å²) in [6, 6.07) is 15.6. The highest BCUT2D eigenvalue weighted by molar-refractivity contribution is 6.11. The van der Waals surface area contributed by atoms with E-state index in [1.807, 2.05) is 48.5 Å². The summed E-state index contributed by atoms with van der Waals surface area (Å²) in [5.74, 6) is -0.561. The average molecular weight is 275 g/mol. The third-order valence-corrected chi connectivity index (χ3v) is 3.50. The SMILES string of the molecule is [C-]#[N+]C(C(=O)OCC)=C1c2ccccc2-c2ccccc21. The lowest BCUT2D eigenvalue weighted by atomic mass is 10.0. The summed E-state index contributed by atoms with van der Waals surface area (Å²) in [5.41, 5.74) is 4.65. The smallest absolute Gasteiger partial charge is 0.336 e. The first-order valence-corrected chi connectivity index (χ1v) is 6.76. The molecule has 2 aromatic rings. The fourth-order valence-corrected chi connectivity index (χ4v) is 2.68. The molecule has 0 aliphatic heterocycles. The van der Waals surface area contributed by atoms with E-state index in [1.54, 1.807) is 6.92 Å². The van der Waals surface area contributed by atoms with Crippen LogP contribution in [0.1, 0.15) is 18.1 Å². The van der Waals surface area contributed by atoms with Crippen LogP contribution in [0.15, 0.2) is 54.2 Å². The van der Waals surface area contributed by atoms with Gasteiger partial charge in [0.1, 0.15) is 0 Å². The summed E-state index contributed by atoms with van der Waals surface area (Å²) in [4.78, 5) is 15.5. The van der Waals surface area contributed by atoms with Gasteiger partial charge in [0, 0.05) is 5.57 Å². The summed E-state index contributed by atoms with van der Waals surface area (Å²) in [5, 5.41) is 0. The van der Waals surface area contributed by atoms with Crippen LogP contribution in [0.3, 0.4) is 0 Å². The minimum absolute atomic E-state index is 0.0502. The number of carbonyl (C=O) groups is 1. The number of fused-ring (bicyclic) bond motifs is 3. The molecule has 0 saturated heterocycles. The van der Waals surface area contributed by atoms with Gasteiger partial charge in [-0.3, -0.25) is 4.79 Å². The van der Waals surface area contributed by atoms with Crippen molar-refractivity contribution < 1.29 is 9.53 Å². The molecule has 0 bridgehead atoms. The molecule has 1 aliphatic rings. The first kappa shape index (κ1) is 13.1. The molecule has 0 radical (unpaired) electrons. The minimum atomic E-state index is -0.561. The Morgan fingerprint density at radius 2 is 1.48 bits per heavy atom. The molecule has 3 heteroatoms. The Kier molecular flexibility index (Phi) is 3.29. The summed E-state index contributed by atoms with van der Waals surface area (Å²) >= 11 is 0. The van der Waals surface area contributed by atoms with Crippen molar-refractivity contribution in [1.82, 2.24) is 0 Å². The van der Waals surface area contributed by atoms with Crippen LogP contribution in [0.5, 0.6) is 0 Å². The van der Waals surface area contributed by atoms with Crippen molar-refractivity contribution in [3.63, 3.8) is 0 Å². The number of nitrogens with zero attached hydrogens (tertiary/aromatic N) is 1. The van der Waals surface area contributed by atoms with E-state index >= 15 is 0 Å². The van der Waals surface area contributed by atoms with E-state index in [4.69, 9.17) is 11.3 Å². The number of carbonyl (C=O) groups excluding carboxylic acids is 1. The summed E-state index contributed by atoms with van der Waals surface area (Å²) in [7, 11) is 0. The second-order valence-electron chi connectivity index (χ2n) is 4.65. The predicted octanol–water partition coefficient (Wildman–Crippen LogP) is 3.91. The summed E-state index contributed by atoms with van der Waals surface area (Å²) < 4.78 is 5.03. The molecule has 0 N–H and O–H groups in total. The molecular formula is C18H13NO2. The Morgan fingerprint density at radius 1 is 1.00 bits per heavy atom. The predicted molar refractivity (Wildman–Crippen MR) is 81.1 cm³/mol. The lowest BCUT2D eigenvalue weighted by Crippen LogP contribution is -2.07. The number of ether oxygens (including phenoxy) is 1. The Balaban J connectivity index is 2.32. The van der Waals surface area contributed by atoms with Crippen LogP contribution in [0, 0.1) is 6.57 Å². The van der Waals surface area contributed by atoms with Gasteiger partial charge in [-0.2, -0.15) is 0 Å². The molecule has 0 fully saturated rings. The Hall–Kier alpha value is -2.86. The molecule has 21 heavy (non-hydrogen) atoms. The van der Waals surface area contributed by atoms with E-state index in [0.717, 1.165) is 22.3 Å². The maximum Gasteiger partial charge on any atom is 0.336 e. The van der Waals surface area contributed by atoms with Crippen molar-refractivity contribution in [2.75, 3.05) is 6.61 Å². The highest BCUT2D eigenvalue weighted by Gasteiger charge is 2.28. The number of rotatable bonds is 2. The molecule has 0 amide bonds. The number of hydrogen-bond acceptors (Lipinski definition) is 2. The lowest BCUT2D eigenvalue weighted by Gasteiger charge is -2.06. The van der Waals surface area contributed by atoms with Gasteiger partial charge in [-0.25, -0.2) is 4.85 Å². The van der Waals surface area contributed by atoms with Crippen molar-refractivity contribution >= 4 is 11.5 Å². The van der Waals surface area contributed by atoms with Crippen LogP contribution in [-0.4, -0.2) is 12.6 Å². The highest BCUT2D eigenvalue weighted by Crippen LogP contribution is 2.45. The summed E-state index contributed by atoms with van der Waals surface area (Å²) in [6.45, 7) is 9.38. The molecule has 0 heterocycles. The fourth-order valence-electron chi connectivity index (χ4n) is 2.68. The molecule has 0 unspecified atom stereocenters. The Bertz CT molecular complexity index is 749. The van der Waals surface area contributed by atoms with E-state index in [2.05, 4.69) is 4.85 Å². The Morgan fingerprint density at radius 3 is 1.90 bits per heavy atom. The van der Waals surface area contributed by atoms with Crippen molar-refractivity contribution in [3.05, 3.63) is 76.8 Å². The van der Waals surface area contributed by atoms with Gasteiger partial charge in [-0.1, -0.05) is 48.5 Å². The van der Waals surface area contributed by atoms with Crippen molar-refractivity contribution in [2.45, 2.75) is 6.92 Å². The molecule has 2 aromatic carbocycles.